The van der Waals surface area contributed by atoms with Crippen molar-refractivity contribution in [2.75, 3.05) is 41.9 Å². The minimum absolute atomic E-state index is 0.0690. The van der Waals surface area contributed by atoms with Crippen molar-refractivity contribution in [1.82, 2.24) is 9.97 Å². The van der Waals surface area contributed by atoms with Gasteiger partial charge in [-0.25, -0.2) is 4.98 Å². The minimum atomic E-state index is -0.0690. The Morgan fingerprint density at radius 3 is 2.41 bits per heavy atom. The van der Waals surface area contributed by atoms with Crippen molar-refractivity contribution < 1.29 is 4.74 Å². The van der Waals surface area contributed by atoms with Gasteiger partial charge in [0.15, 0.2) is 0 Å². The summed E-state index contributed by atoms with van der Waals surface area (Å²) in [5.74, 6) is 2.70. The Hall–Kier alpha value is -3.28. The average Bonchev–Trinajstić information content (AvgIpc) is 3.33. The highest BCUT2D eigenvalue weighted by Crippen LogP contribution is 2.35. The van der Waals surface area contributed by atoms with E-state index >= 15 is 0 Å². The maximum Gasteiger partial charge on any atom is 0.227 e. The standard InChI is InChI=1S/C31H41N5O/c1-21-11-12-22(30(2,3)4)19-27(21)32-28-25-9-8-10-26(25)33-29(34-28)35-17-18-36(31(5,6)20-35)23-13-15-24(37-7)16-14-23/h11-16,19H,8-10,17-18,20H2,1-7H3,(H,32,33,34). The van der Waals surface area contributed by atoms with Crippen molar-refractivity contribution >= 4 is 23.1 Å². The largest absolute Gasteiger partial charge is 0.497 e. The summed E-state index contributed by atoms with van der Waals surface area (Å²) in [7, 11) is 1.71. The number of rotatable bonds is 5. The van der Waals surface area contributed by atoms with Gasteiger partial charge >= 0.3 is 0 Å². The predicted octanol–water partition coefficient (Wildman–Crippen LogP) is 6.43. The van der Waals surface area contributed by atoms with Crippen molar-refractivity contribution in [2.24, 2.45) is 0 Å². The van der Waals surface area contributed by atoms with Crippen molar-refractivity contribution in [3.8, 4) is 5.75 Å². The second-order valence-electron chi connectivity index (χ2n) is 12.1. The molecule has 1 saturated heterocycles. The number of hydrogen-bond acceptors (Lipinski definition) is 6. The summed E-state index contributed by atoms with van der Waals surface area (Å²) in [4.78, 5) is 15.1. The predicted molar refractivity (Wildman–Crippen MR) is 154 cm³/mol. The Labute approximate surface area is 222 Å². The van der Waals surface area contributed by atoms with Crippen LogP contribution in [0.15, 0.2) is 42.5 Å². The van der Waals surface area contributed by atoms with E-state index in [9.17, 15) is 0 Å². The summed E-state index contributed by atoms with van der Waals surface area (Å²) < 4.78 is 5.35. The van der Waals surface area contributed by atoms with Crippen LogP contribution in [0.5, 0.6) is 5.75 Å². The number of hydrogen-bond donors (Lipinski definition) is 1. The van der Waals surface area contributed by atoms with Gasteiger partial charge in [-0.3, -0.25) is 0 Å². The first kappa shape index (κ1) is 25.4. The van der Waals surface area contributed by atoms with Gasteiger partial charge in [0, 0.05) is 36.6 Å². The molecule has 0 saturated carbocycles. The van der Waals surface area contributed by atoms with Crippen LogP contribution in [-0.4, -0.2) is 42.3 Å². The van der Waals surface area contributed by atoms with E-state index in [1.165, 1.54) is 28.1 Å². The lowest BCUT2D eigenvalue weighted by Crippen LogP contribution is -2.60. The topological polar surface area (TPSA) is 53.5 Å². The fourth-order valence-corrected chi connectivity index (χ4v) is 5.58. The van der Waals surface area contributed by atoms with Crippen LogP contribution in [0.1, 0.15) is 63.4 Å². The molecule has 2 aliphatic rings. The molecule has 3 aromatic rings. The Morgan fingerprint density at radius 1 is 0.973 bits per heavy atom. The molecule has 1 aromatic heterocycles. The maximum atomic E-state index is 5.35. The zero-order valence-corrected chi connectivity index (χ0v) is 23.5. The number of nitrogens with zero attached hydrogens (tertiary/aromatic N) is 4. The zero-order chi connectivity index (χ0) is 26.4. The van der Waals surface area contributed by atoms with E-state index in [2.05, 4.69) is 87.0 Å². The van der Waals surface area contributed by atoms with E-state index in [1.54, 1.807) is 7.11 Å². The molecule has 6 nitrogen and oxygen atoms in total. The van der Waals surface area contributed by atoms with Crippen LogP contribution in [0.2, 0.25) is 0 Å². The van der Waals surface area contributed by atoms with Crippen LogP contribution < -0.4 is 19.9 Å². The first-order chi connectivity index (χ1) is 17.5. The molecule has 0 radical (unpaired) electrons. The van der Waals surface area contributed by atoms with Crippen LogP contribution >= 0.6 is 0 Å². The molecule has 2 aromatic carbocycles. The summed E-state index contributed by atoms with van der Waals surface area (Å²) >= 11 is 0. The number of benzene rings is 2. The van der Waals surface area contributed by atoms with Gasteiger partial charge in [-0.2, -0.15) is 4.98 Å². The molecule has 1 aliphatic heterocycles. The third-order valence-corrected chi connectivity index (χ3v) is 7.85. The lowest BCUT2D eigenvalue weighted by molar-refractivity contribution is 0.408. The summed E-state index contributed by atoms with van der Waals surface area (Å²) in [5, 5.41) is 3.73. The molecule has 37 heavy (non-hydrogen) atoms. The van der Waals surface area contributed by atoms with Crippen molar-refractivity contribution in [1.29, 1.82) is 0 Å². The Morgan fingerprint density at radius 2 is 1.73 bits per heavy atom. The van der Waals surface area contributed by atoms with E-state index in [4.69, 9.17) is 14.7 Å². The van der Waals surface area contributed by atoms with Crippen LogP contribution in [0.3, 0.4) is 0 Å². The van der Waals surface area contributed by atoms with Crippen LogP contribution in [-0.2, 0) is 18.3 Å². The number of anilines is 4. The number of nitrogens with one attached hydrogen (secondary N) is 1. The van der Waals surface area contributed by atoms with Crippen LogP contribution in [0.25, 0.3) is 0 Å². The molecule has 2 heterocycles. The van der Waals surface area contributed by atoms with Crippen molar-refractivity contribution in [2.45, 2.75) is 71.8 Å². The van der Waals surface area contributed by atoms with Gasteiger partial charge in [0.1, 0.15) is 11.6 Å². The van der Waals surface area contributed by atoms with Gasteiger partial charge in [0.05, 0.1) is 18.3 Å². The van der Waals surface area contributed by atoms with Crippen LogP contribution in [0, 0.1) is 6.92 Å². The lowest BCUT2D eigenvalue weighted by atomic mass is 9.86. The number of methoxy groups -OCH3 is 1. The van der Waals surface area contributed by atoms with Crippen molar-refractivity contribution in [3.05, 3.63) is 64.8 Å². The molecular formula is C31H41N5O. The smallest absolute Gasteiger partial charge is 0.227 e. The Kier molecular flexibility index (Phi) is 6.55. The van der Waals surface area contributed by atoms with Crippen molar-refractivity contribution in [3.63, 3.8) is 0 Å². The molecule has 0 spiro atoms. The number of aryl methyl sites for hydroxylation is 2. The second kappa shape index (κ2) is 9.55. The fraction of sp³-hybridized carbons (Fsp3) is 0.484. The third kappa shape index (κ3) is 5.11. The van der Waals surface area contributed by atoms with E-state index in [1.807, 2.05) is 12.1 Å². The highest BCUT2D eigenvalue weighted by atomic mass is 16.5. The quantitative estimate of drug-likeness (QED) is 0.437. The first-order valence-electron chi connectivity index (χ1n) is 13.5. The Balaban J connectivity index is 1.42. The molecule has 196 valence electrons. The molecule has 6 heteroatoms. The van der Waals surface area contributed by atoms with Gasteiger partial charge in [0.25, 0.3) is 0 Å². The molecular weight excluding hydrogens is 458 g/mol. The molecule has 1 fully saturated rings. The number of ether oxygens (including phenoxy) is 1. The second-order valence-corrected chi connectivity index (χ2v) is 12.1. The molecule has 0 unspecified atom stereocenters. The highest BCUT2D eigenvalue weighted by Gasteiger charge is 2.35. The van der Waals surface area contributed by atoms with Gasteiger partial charge in [0.2, 0.25) is 5.95 Å². The van der Waals surface area contributed by atoms with Gasteiger partial charge in [-0.05, 0) is 86.9 Å². The number of piperazine rings is 1. The SMILES string of the molecule is COc1ccc(N2CCN(c3nc4c(c(Nc5cc(C(C)(C)C)ccc5C)n3)CCC4)CC2(C)C)cc1. The molecule has 5 rings (SSSR count). The van der Waals surface area contributed by atoms with E-state index < -0.39 is 0 Å². The highest BCUT2D eigenvalue weighted by molar-refractivity contribution is 5.66. The summed E-state index contributed by atoms with van der Waals surface area (Å²) in [5.41, 5.74) is 7.41. The Bertz CT molecular complexity index is 1280. The summed E-state index contributed by atoms with van der Waals surface area (Å²) in [6, 6.07) is 15.1. The molecule has 0 atom stereocenters. The lowest BCUT2D eigenvalue weighted by Gasteiger charge is -2.48. The zero-order valence-electron chi connectivity index (χ0n) is 23.5. The van der Waals surface area contributed by atoms with E-state index in [0.29, 0.717) is 0 Å². The maximum absolute atomic E-state index is 5.35. The fourth-order valence-electron chi connectivity index (χ4n) is 5.58. The third-order valence-electron chi connectivity index (χ3n) is 7.85. The van der Waals surface area contributed by atoms with Gasteiger partial charge in [-0.1, -0.05) is 32.9 Å². The van der Waals surface area contributed by atoms with Gasteiger partial charge < -0.3 is 19.9 Å². The van der Waals surface area contributed by atoms with Crippen LogP contribution in [0.4, 0.5) is 23.1 Å². The molecule has 0 amide bonds. The normalized spacial score (nSPS) is 17.1. The number of fused-ring (bicyclic) bond motifs is 1. The first-order valence-corrected chi connectivity index (χ1v) is 13.5. The minimum Gasteiger partial charge on any atom is -0.497 e. The molecule has 1 N–H and O–H groups in total. The monoisotopic (exact) mass is 499 g/mol. The molecule has 1 aliphatic carbocycles. The summed E-state index contributed by atoms with van der Waals surface area (Å²) in [6.07, 6.45) is 3.20. The van der Waals surface area contributed by atoms with E-state index in [0.717, 1.165) is 62.1 Å². The number of aromatic nitrogens is 2. The average molecular weight is 500 g/mol. The summed E-state index contributed by atoms with van der Waals surface area (Å²) in [6.45, 7) is 16.2. The van der Waals surface area contributed by atoms with Gasteiger partial charge in [-0.15, -0.1) is 0 Å². The molecule has 0 bridgehead atoms. The van der Waals surface area contributed by atoms with E-state index in [-0.39, 0.29) is 11.0 Å².